The van der Waals surface area contributed by atoms with Crippen LogP contribution in [0.15, 0.2) is 18.2 Å². The lowest BCUT2D eigenvalue weighted by molar-refractivity contribution is -0.137. The van der Waals surface area contributed by atoms with E-state index in [0.29, 0.717) is 12.2 Å². The van der Waals surface area contributed by atoms with Crippen LogP contribution in [-0.2, 0) is 6.18 Å². The summed E-state index contributed by atoms with van der Waals surface area (Å²) in [4.78, 5) is 0. The minimum atomic E-state index is -4.40. The molecule has 1 saturated carbocycles. The van der Waals surface area contributed by atoms with Gasteiger partial charge in [-0.3, -0.25) is 0 Å². The fourth-order valence-electron chi connectivity index (χ4n) is 2.56. The number of nitrogens with two attached hydrogens (primary N) is 1. The molecule has 0 amide bonds. The van der Waals surface area contributed by atoms with Gasteiger partial charge in [0.1, 0.15) is 0 Å². The Hall–Kier alpha value is -0.940. The van der Waals surface area contributed by atoms with Gasteiger partial charge in [0.15, 0.2) is 0 Å². The molecule has 1 aromatic carbocycles. The molecule has 19 heavy (non-hydrogen) atoms. The summed E-state index contributed by atoms with van der Waals surface area (Å²) in [6.07, 6.45) is -0.574. The van der Waals surface area contributed by atoms with Crippen molar-refractivity contribution in [2.45, 2.75) is 37.4 Å². The van der Waals surface area contributed by atoms with Crippen molar-refractivity contribution in [1.29, 1.82) is 0 Å². The molecule has 0 heterocycles. The minimum Gasteiger partial charge on any atom is -0.378 e. The van der Waals surface area contributed by atoms with Gasteiger partial charge in [-0.15, -0.1) is 0 Å². The molecule has 0 bridgehead atoms. The van der Waals surface area contributed by atoms with Crippen LogP contribution in [0.25, 0.3) is 0 Å². The van der Waals surface area contributed by atoms with Crippen LogP contribution in [0.1, 0.15) is 31.2 Å². The van der Waals surface area contributed by atoms with Crippen LogP contribution in [0.3, 0.4) is 0 Å². The summed E-state index contributed by atoms with van der Waals surface area (Å²) >= 11 is 5.76. The molecule has 0 aliphatic heterocycles. The molecule has 2 nitrogen and oxygen atoms in total. The molecule has 1 aromatic rings. The lowest BCUT2D eigenvalue weighted by atomic mass is 9.97. The average molecular weight is 293 g/mol. The van der Waals surface area contributed by atoms with Crippen LogP contribution in [0.4, 0.5) is 18.9 Å². The first-order valence-electron chi connectivity index (χ1n) is 6.21. The Balaban J connectivity index is 2.27. The lowest BCUT2D eigenvalue weighted by Crippen LogP contribution is -2.42. The van der Waals surface area contributed by atoms with Crippen molar-refractivity contribution >= 4 is 17.3 Å². The summed E-state index contributed by atoms with van der Waals surface area (Å²) in [5, 5.41) is 3.22. The lowest BCUT2D eigenvalue weighted by Gasteiger charge is -2.30. The van der Waals surface area contributed by atoms with E-state index in [1.807, 2.05) is 0 Å². The highest BCUT2D eigenvalue weighted by molar-refractivity contribution is 6.30. The summed E-state index contributed by atoms with van der Waals surface area (Å²) in [6.45, 7) is 0.404. The molecule has 106 valence electrons. The summed E-state index contributed by atoms with van der Waals surface area (Å²) < 4.78 is 38.2. The molecule has 6 heteroatoms. The largest absolute Gasteiger partial charge is 0.416 e. The molecule has 0 unspecified atom stereocenters. The summed E-state index contributed by atoms with van der Waals surface area (Å²) in [5.41, 5.74) is 5.10. The van der Waals surface area contributed by atoms with Crippen LogP contribution in [0.5, 0.6) is 0 Å². The number of rotatable bonds is 3. The minimum absolute atomic E-state index is 0.0718. The molecule has 0 spiro atoms. The fourth-order valence-corrected chi connectivity index (χ4v) is 2.80. The van der Waals surface area contributed by atoms with E-state index in [0.717, 1.165) is 37.8 Å². The Labute approximate surface area is 115 Å². The van der Waals surface area contributed by atoms with E-state index >= 15 is 0 Å². The predicted molar refractivity (Wildman–Crippen MR) is 70.3 cm³/mol. The summed E-state index contributed by atoms with van der Waals surface area (Å²) in [7, 11) is 0. The molecule has 1 aliphatic carbocycles. The Kier molecular flexibility index (Phi) is 3.97. The quantitative estimate of drug-likeness (QED) is 0.882. The van der Waals surface area contributed by atoms with Gasteiger partial charge in [0, 0.05) is 22.8 Å². The monoisotopic (exact) mass is 292 g/mol. The van der Waals surface area contributed by atoms with Gasteiger partial charge in [-0.05, 0) is 31.0 Å². The normalized spacial score (nSPS) is 18.6. The van der Waals surface area contributed by atoms with E-state index in [-0.39, 0.29) is 10.6 Å². The highest BCUT2D eigenvalue weighted by atomic mass is 35.5. The second kappa shape index (κ2) is 5.21. The Morgan fingerprint density at radius 1 is 1.21 bits per heavy atom. The van der Waals surface area contributed by atoms with Gasteiger partial charge in [-0.2, -0.15) is 13.2 Å². The Morgan fingerprint density at radius 3 is 2.37 bits per heavy atom. The third kappa shape index (κ3) is 3.34. The van der Waals surface area contributed by atoms with E-state index in [4.69, 9.17) is 17.3 Å². The number of benzene rings is 1. The van der Waals surface area contributed by atoms with E-state index in [1.165, 1.54) is 6.07 Å². The fraction of sp³-hybridized carbons (Fsp3) is 0.538. The maximum Gasteiger partial charge on any atom is 0.416 e. The van der Waals surface area contributed by atoms with Crippen LogP contribution >= 0.6 is 11.6 Å². The molecule has 0 radical (unpaired) electrons. The molecular weight excluding hydrogens is 277 g/mol. The Morgan fingerprint density at radius 2 is 1.84 bits per heavy atom. The highest BCUT2D eigenvalue weighted by Crippen LogP contribution is 2.36. The van der Waals surface area contributed by atoms with Crippen LogP contribution in [-0.4, -0.2) is 12.1 Å². The molecule has 0 saturated heterocycles. The third-order valence-electron chi connectivity index (χ3n) is 3.59. The first-order chi connectivity index (χ1) is 8.85. The van der Waals surface area contributed by atoms with E-state index in [2.05, 4.69) is 5.32 Å². The molecule has 0 atom stereocenters. The van der Waals surface area contributed by atoms with Crippen molar-refractivity contribution in [3.8, 4) is 0 Å². The van der Waals surface area contributed by atoms with Gasteiger partial charge in [0.2, 0.25) is 0 Å². The van der Waals surface area contributed by atoms with Crippen molar-refractivity contribution in [3.05, 3.63) is 28.8 Å². The maximum absolute atomic E-state index is 12.7. The first kappa shape index (κ1) is 14.5. The van der Waals surface area contributed by atoms with Crippen molar-refractivity contribution < 1.29 is 13.2 Å². The highest BCUT2D eigenvalue weighted by Gasteiger charge is 2.34. The SMILES string of the molecule is NCC1(Nc2cc(Cl)cc(C(F)(F)F)c2)CCCC1. The van der Waals surface area contributed by atoms with Gasteiger partial charge >= 0.3 is 6.18 Å². The number of nitrogens with one attached hydrogen (secondary N) is 1. The topological polar surface area (TPSA) is 38.0 Å². The second-order valence-corrected chi connectivity index (χ2v) is 5.48. The van der Waals surface area contributed by atoms with Gasteiger partial charge in [0.05, 0.1) is 5.56 Å². The molecule has 0 aromatic heterocycles. The smallest absolute Gasteiger partial charge is 0.378 e. The van der Waals surface area contributed by atoms with E-state index in [9.17, 15) is 13.2 Å². The van der Waals surface area contributed by atoms with Crippen molar-refractivity contribution in [3.63, 3.8) is 0 Å². The molecule has 1 aliphatic rings. The summed E-state index contributed by atoms with van der Waals surface area (Å²) in [6, 6.07) is 3.52. The van der Waals surface area contributed by atoms with Gasteiger partial charge in [-0.25, -0.2) is 0 Å². The van der Waals surface area contributed by atoms with E-state index < -0.39 is 11.7 Å². The van der Waals surface area contributed by atoms with Gasteiger partial charge in [-0.1, -0.05) is 24.4 Å². The number of alkyl halides is 3. The van der Waals surface area contributed by atoms with Crippen LogP contribution in [0.2, 0.25) is 5.02 Å². The Bertz CT molecular complexity index is 454. The molecule has 3 N–H and O–H groups in total. The first-order valence-corrected chi connectivity index (χ1v) is 6.58. The van der Waals surface area contributed by atoms with E-state index in [1.54, 1.807) is 0 Å². The summed E-state index contributed by atoms with van der Waals surface area (Å²) in [5.74, 6) is 0. The van der Waals surface area contributed by atoms with Crippen molar-refractivity contribution in [2.24, 2.45) is 5.73 Å². The third-order valence-corrected chi connectivity index (χ3v) is 3.80. The van der Waals surface area contributed by atoms with Gasteiger partial charge < -0.3 is 11.1 Å². The number of anilines is 1. The van der Waals surface area contributed by atoms with Crippen molar-refractivity contribution in [1.82, 2.24) is 0 Å². The van der Waals surface area contributed by atoms with Gasteiger partial charge in [0.25, 0.3) is 0 Å². The second-order valence-electron chi connectivity index (χ2n) is 5.04. The number of hydrogen-bond acceptors (Lipinski definition) is 2. The zero-order chi connectivity index (χ0) is 14.1. The molecular formula is C13H16ClF3N2. The van der Waals surface area contributed by atoms with Crippen molar-refractivity contribution in [2.75, 3.05) is 11.9 Å². The average Bonchev–Trinajstić information content (AvgIpc) is 2.76. The standard InChI is InChI=1S/C13H16ClF3N2/c14-10-5-9(13(15,16)17)6-11(7-10)19-12(8-18)3-1-2-4-12/h5-7,19H,1-4,8,18H2. The zero-order valence-corrected chi connectivity index (χ0v) is 11.1. The van der Waals surface area contributed by atoms with Crippen LogP contribution < -0.4 is 11.1 Å². The predicted octanol–water partition coefficient (Wildman–Crippen LogP) is 4.04. The molecule has 1 fully saturated rings. The number of halogens is 4. The zero-order valence-electron chi connectivity index (χ0n) is 10.4. The van der Waals surface area contributed by atoms with Crippen LogP contribution in [0, 0.1) is 0 Å². The maximum atomic E-state index is 12.7. The molecule has 2 rings (SSSR count). The number of hydrogen-bond donors (Lipinski definition) is 2.